The van der Waals surface area contributed by atoms with E-state index in [2.05, 4.69) is 10.2 Å². The summed E-state index contributed by atoms with van der Waals surface area (Å²) in [5.41, 5.74) is 1.09. The van der Waals surface area contributed by atoms with Crippen LogP contribution in [0.2, 0.25) is 0 Å². The molecule has 0 radical (unpaired) electrons. The molecule has 88 valence electrons. The van der Waals surface area contributed by atoms with Gasteiger partial charge in [0.25, 0.3) is 16.0 Å². The Bertz CT molecular complexity index is 659. The lowest BCUT2D eigenvalue weighted by Gasteiger charge is -2.02. The second-order valence-corrected chi connectivity index (χ2v) is 4.90. The zero-order chi connectivity index (χ0) is 12.6. The molecule has 0 aromatic heterocycles. The summed E-state index contributed by atoms with van der Waals surface area (Å²) in [6.07, 6.45) is 0. The summed E-state index contributed by atoms with van der Waals surface area (Å²) in [4.78, 5) is 10.9. The third-order valence-corrected chi connectivity index (χ3v) is 3.17. The maximum Gasteiger partial charge on any atom is 0.294 e. The van der Waals surface area contributed by atoms with Crippen molar-refractivity contribution in [2.24, 2.45) is 10.2 Å². The molecule has 6 nitrogen and oxygen atoms in total. The van der Waals surface area contributed by atoms with Gasteiger partial charge in [-0.1, -0.05) is 12.1 Å². The fraction of sp³-hybridized carbons (Fsp3) is 0.100. The highest BCUT2D eigenvalue weighted by Gasteiger charge is 2.19. The number of benzene rings is 1. The minimum Gasteiger partial charge on any atom is -0.282 e. The average molecular weight is 252 g/mol. The Balaban J connectivity index is 2.57. The molecule has 1 N–H and O–H groups in total. The van der Waals surface area contributed by atoms with E-state index in [4.69, 9.17) is 4.55 Å². The van der Waals surface area contributed by atoms with Crippen LogP contribution in [0.3, 0.4) is 0 Å². The zero-order valence-electron chi connectivity index (χ0n) is 8.78. The molecule has 1 amide bonds. The molecule has 0 spiro atoms. The number of rotatable bonds is 2. The Kier molecular flexibility index (Phi) is 2.64. The number of hydrogen-bond acceptors (Lipinski definition) is 4. The van der Waals surface area contributed by atoms with Crippen LogP contribution in [-0.4, -0.2) is 18.9 Å². The van der Waals surface area contributed by atoms with Crippen LogP contribution in [0.4, 0.5) is 0 Å². The topological polar surface area (TPSA) is 96.2 Å². The molecule has 1 aromatic rings. The summed E-state index contributed by atoms with van der Waals surface area (Å²) in [5.74, 6) is -0.447. The van der Waals surface area contributed by atoms with Crippen molar-refractivity contribution in [3.63, 3.8) is 0 Å². The van der Waals surface area contributed by atoms with E-state index < -0.39 is 16.0 Å². The van der Waals surface area contributed by atoms with Crippen LogP contribution >= 0.6 is 0 Å². The van der Waals surface area contributed by atoms with Gasteiger partial charge >= 0.3 is 0 Å². The van der Waals surface area contributed by atoms with E-state index in [-0.39, 0.29) is 4.90 Å². The summed E-state index contributed by atoms with van der Waals surface area (Å²) in [7, 11) is -4.27. The number of azo groups is 1. The molecule has 0 saturated heterocycles. The summed E-state index contributed by atoms with van der Waals surface area (Å²) in [6, 6.07) is 5.54. The van der Waals surface area contributed by atoms with E-state index in [1.165, 1.54) is 18.2 Å². The van der Waals surface area contributed by atoms with Crippen molar-refractivity contribution in [1.82, 2.24) is 0 Å². The lowest BCUT2D eigenvalue weighted by Crippen LogP contribution is -1.98. The Morgan fingerprint density at radius 2 is 1.94 bits per heavy atom. The lowest BCUT2D eigenvalue weighted by molar-refractivity contribution is -0.114. The summed E-state index contributed by atoms with van der Waals surface area (Å²) in [6.45, 7) is 1.55. The number of nitrogens with zero attached hydrogens (tertiary/aromatic N) is 2. The van der Waals surface area contributed by atoms with Crippen molar-refractivity contribution in [3.05, 3.63) is 35.4 Å². The van der Waals surface area contributed by atoms with Crippen molar-refractivity contribution in [3.8, 4) is 0 Å². The summed E-state index contributed by atoms with van der Waals surface area (Å²) >= 11 is 0. The molecule has 1 aliphatic rings. The van der Waals surface area contributed by atoms with Crippen molar-refractivity contribution in [2.45, 2.75) is 11.8 Å². The van der Waals surface area contributed by atoms with Gasteiger partial charge in [0.05, 0.1) is 4.90 Å². The second-order valence-electron chi connectivity index (χ2n) is 3.48. The van der Waals surface area contributed by atoms with Crippen LogP contribution in [0.15, 0.2) is 45.0 Å². The van der Waals surface area contributed by atoms with Gasteiger partial charge in [0, 0.05) is 11.1 Å². The molecule has 1 heterocycles. The number of carbonyl (C=O) groups is 1. The smallest absolute Gasteiger partial charge is 0.282 e. The monoisotopic (exact) mass is 252 g/mol. The van der Waals surface area contributed by atoms with Gasteiger partial charge in [0.2, 0.25) is 0 Å². The lowest BCUT2D eigenvalue weighted by atomic mass is 10.1. The molecule has 1 aromatic carbocycles. The zero-order valence-corrected chi connectivity index (χ0v) is 9.60. The molecular formula is C10H8N2O4S. The van der Waals surface area contributed by atoms with Gasteiger partial charge in [-0.25, -0.2) is 0 Å². The molecule has 0 bridgehead atoms. The minimum atomic E-state index is -4.27. The van der Waals surface area contributed by atoms with Gasteiger partial charge in [-0.05, 0) is 19.1 Å². The molecule has 0 unspecified atom stereocenters. The number of carbonyl (C=O) groups excluding carboxylic acids is 1. The standard InChI is InChI=1S/C10H8N2O4S/c1-6-9(11-12-10(6)13)7-3-2-4-8(5-7)17(14,15)16/h2-5H,1H3,(H,14,15,16). The van der Waals surface area contributed by atoms with Crippen LogP contribution in [0, 0.1) is 0 Å². The third kappa shape index (κ3) is 2.15. The highest BCUT2D eigenvalue weighted by atomic mass is 32.2. The molecule has 0 fully saturated rings. The van der Waals surface area contributed by atoms with Crippen LogP contribution in [0.25, 0.3) is 5.70 Å². The normalized spacial score (nSPS) is 15.8. The van der Waals surface area contributed by atoms with Crippen molar-refractivity contribution >= 4 is 21.7 Å². The second kappa shape index (κ2) is 3.86. The molecule has 0 saturated carbocycles. The predicted octanol–water partition coefficient (Wildman–Crippen LogP) is 1.66. The van der Waals surface area contributed by atoms with Gasteiger partial charge in [0.15, 0.2) is 0 Å². The molecule has 0 atom stereocenters. The summed E-state index contributed by atoms with van der Waals surface area (Å²) < 4.78 is 30.8. The van der Waals surface area contributed by atoms with E-state index in [1.54, 1.807) is 13.0 Å². The molecule has 1 aliphatic heterocycles. The van der Waals surface area contributed by atoms with Gasteiger partial charge in [-0.3, -0.25) is 9.35 Å². The number of amides is 1. The minimum absolute atomic E-state index is 0.246. The Labute approximate surface area is 97.4 Å². The van der Waals surface area contributed by atoms with Crippen molar-refractivity contribution in [2.75, 3.05) is 0 Å². The van der Waals surface area contributed by atoms with E-state index in [9.17, 15) is 13.2 Å². The number of hydrogen-bond donors (Lipinski definition) is 1. The first-order valence-corrected chi connectivity index (χ1v) is 6.08. The Morgan fingerprint density at radius 3 is 2.47 bits per heavy atom. The van der Waals surface area contributed by atoms with Crippen molar-refractivity contribution in [1.29, 1.82) is 0 Å². The first kappa shape index (κ1) is 11.6. The molecular weight excluding hydrogens is 244 g/mol. The average Bonchev–Trinajstić information content (AvgIpc) is 2.59. The third-order valence-electron chi connectivity index (χ3n) is 2.32. The highest BCUT2D eigenvalue weighted by molar-refractivity contribution is 7.85. The Morgan fingerprint density at radius 1 is 1.24 bits per heavy atom. The van der Waals surface area contributed by atoms with Gasteiger partial charge in [0.1, 0.15) is 5.70 Å². The van der Waals surface area contributed by atoms with Crippen LogP contribution in [0.1, 0.15) is 12.5 Å². The maximum atomic E-state index is 11.2. The maximum absolute atomic E-state index is 11.2. The molecule has 7 heteroatoms. The van der Waals surface area contributed by atoms with Crippen LogP contribution < -0.4 is 0 Å². The van der Waals surface area contributed by atoms with Crippen molar-refractivity contribution < 1.29 is 17.8 Å². The molecule has 17 heavy (non-hydrogen) atoms. The van der Waals surface area contributed by atoms with Gasteiger partial charge < -0.3 is 0 Å². The first-order chi connectivity index (χ1) is 7.89. The van der Waals surface area contributed by atoms with E-state index >= 15 is 0 Å². The quantitative estimate of drug-likeness (QED) is 0.809. The van der Waals surface area contributed by atoms with Crippen LogP contribution in [0.5, 0.6) is 0 Å². The van der Waals surface area contributed by atoms with Gasteiger partial charge in [-0.15, -0.1) is 10.2 Å². The van der Waals surface area contributed by atoms with Crippen LogP contribution in [-0.2, 0) is 14.9 Å². The predicted molar refractivity (Wildman–Crippen MR) is 58.7 cm³/mol. The van der Waals surface area contributed by atoms with E-state index in [0.717, 1.165) is 0 Å². The fourth-order valence-electron chi connectivity index (χ4n) is 1.42. The van der Waals surface area contributed by atoms with E-state index in [0.29, 0.717) is 16.8 Å². The summed E-state index contributed by atoms with van der Waals surface area (Å²) in [5, 5.41) is 7.04. The van der Waals surface area contributed by atoms with Gasteiger partial charge in [-0.2, -0.15) is 8.42 Å². The SMILES string of the molecule is CC1=C(c2cccc(S(=O)(=O)O)c2)N=NC1=O. The molecule has 2 rings (SSSR count). The molecule has 0 aliphatic carbocycles. The Hall–Kier alpha value is -1.86. The van der Waals surface area contributed by atoms with E-state index in [1.807, 2.05) is 0 Å². The highest BCUT2D eigenvalue weighted by Crippen LogP contribution is 2.27. The fourth-order valence-corrected chi connectivity index (χ4v) is 1.95. The first-order valence-electron chi connectivity index (χ1n) is 4.64. The largest absolute Gasteiger partial charge is 0.294 e.